The lowest BCUT2D eigenvalue weighted by Gasteiger charge is -2.05. The Morgan fingerprint density at radius 2 is 2.00 bits per heavy atom. The Hall–Kier alpha value is -2.76. The minimum absolute atomic E-state index is 0.117. The van der Waals surface area contributed by atoms with Crippen LogP contribution < -0.4 is 5.56 Å². The Bertz CT molecular complexity index is 848. The molecule has 6 nitrogen and oxygen atoms in total. The number of rotatable bonds is 3. The number of aromatic nitrogens is 4. The Labute approximate surface area is 114 Å². The summed E-state index contributed by atoms with van der Waals surface area (Å²) in [5.41, 5.74) is 0.755. The number of nitrogens with zero attached hydrogens (tertiary/aromatic N) is 4. The number of Topliss-reactive ketones (excluding diaryl/α,β-unsaturated/α-hetero) is 1. The SMILES string of the molecule is Cn1cccc1C(=O)Cn1nnc2ccccc2c1=O. The van der Waals surface area contributed by atoms with Crippen molar-refractivity contribution in [1.82, 2.24) is 19.6 Å². The van der Waals surface area contributed by atoms with Crippen molar-refractivity contribution in [2.75, 3.05) is 0 Å². The summed E-state index contributed by atoms with van der Waals surface area (Å²) in [7, 11) is 1.78. The molecule has 6 heteroatoms. The molecule has 2 heterocycles. The molecule has 0 aliphatic rings. The molecular formula is C14H12N4O2. The van der Waals surface area contributed by atoms with Crippen molar-refractivity contribution in [2.24, 2.45) is 7.05 Å². The van der Waals surface area contributed by atoms with Crippen molar-refractivity contribution in [2.45, 2.75) is 6.54 Å². The van der Waals surface area contributed by atoms with E-state index in [-0.39, 0.29) is 17.9 Å². The maximum absolute atomic E-state index is 12.2. The lowest BCUT2D eigenvalue weighted by atomic mass is 10.2. The Morgan fingerprint density at radius 1 is 1.20 bits per heavy atom. The molecule has 0 saturated heterocycles. The second-order valence-corrected chi connectivity index (χ2v) is 4.50. The smallest absolute Gasteiger partial charge is 0.278 e. The topological polar surface area (TPSA) is 69.8 Å². The van der Waals surface area contributed by atoms with E-state index in [1.54, 1.807) is 54.2 Å². The van der Waals surface area contributed by atoms with E-state index >= 15 is 0 Å². The largest absolute Gasteiger partial charge is 0.348 e. The molecule has 1 aromatic carbocycles. The van der Waals surface area contributed by atoms with Gasteiger partial charge >= 0.3 is 0 Å². The summed E-state index contributed by atoms with van der Waals surface area (Å²) >= 11 is 0. The molecule has 0 radical (unpaired) electrons. The molecule has 0 spiro atoms. The van der Waals surface area contributed by atoms with Crippen LogP contribution in [-0.2, 0) is 13.6 Å². The van der Waals surface area contributed by atoms with E-state index in [1.807, 2.05) is 0 Å². The van der Waals surface area contributed by atoms with E-state index in [0.717, 1.165) is 4.68 Å². The number of hydrogen-bond acceptors (Lipinski definition) is 4. The monoisotopic (exact) mass is 268 g/mol. The van der Waals surface area contributed by atoms with Crippen LogP contribution in [-0.4, -0.2) is 25.3 Å². The molecule has 0 saturated carbocycles. The highest BCUT2D eigenvalue weighted by atomic mass is 16.1. The number of carbonyl (C=O) groups is 1. The zero-order chi connectivity index (χ0) is 14.1. The molecule has 0 aliphatic heterocycles. The van der Waals surface area contributed by atoms with Crippen LogP contribution >= 0.6 is 0 Å². The fourth-order valence-corrected chi connectivity index (χ4v) is 2.09. The third-order valence-electron chi connectivity index (χ3n) is 3.15. The first kappa shape index (κ1) is 12.3. The number of benzene rings is 1. The molecule has 0 amide bonds. The Kier molecular flexibility index (Phi) is 2.90. The van der Waals surface area contributed by atoms with E-state index in [9.17, 15) is 9.59 Å². The number of hydrogen-bond donors (Lipinski definition) is 0. The van der Waals surface area contributed by atoms with Gasteiger partial charge in [0.15, 0.2) is 0 Å². The van der Waals surface area contributed by atoms with Gasteiger partial charge in [0.25, 0.3) is 5.56 Å². The fourth-order valence-electron chi connectivity index (χ4n) is 2.09. The van der Waals surface area contributed by atoms with Crippen LogP contribution in [0.3, 0.4) is 0 Å². The van der Waals surface area contributed by atoms with Gasteiger partial charge in [-0.1, -0.05) is 17.3 Å². The highest BCUT2D eigenvalue weighted by Gasteiger charge is 2.13. The van der Waals surface area contributed by atoms with E-state index < -0.39 is 0 Å². The quantitative estimate of drug-likeness (QED) is 0.665. The van der Waals surface area contributed by atoms with Gasteiger partial charge < -0.3 is 4.57 Å². The number of ketones is 1. The highest BCUT2D eigenvalue weighted by Crippen LogP contribution is 2.05. The number of aryl methyl sites for hydroxylation is 1. The van der Waals surface area contributed by atoms with Gasteiger partial charge in [-0.25, -0.2) is 4.68 Å². The fraction of sp³-hybridized carbons (Fsp3) is 0.143. The van der Waals surface area contributed by atoms with Gasteiger partial charge in [-0.2, -0.15) is 0 Å². The van der Waals surface area contributed by atoms with Crippen molar-refractivity contribution in [1.29, 1.82) is 0 Å². The highest BCUT2D eigenvalue weighted by molar-refractivity contribution is 5.94. The van der Waals surface area contributed by atoms with Crippen LogP contribution in [0.5, 0.6) is 0 Å². The molecule has 3 rings (SSSR count). The summed E-state index contributed by atoms with van der Waals surface area (Å²) in [6, 6.07) is 10.4. The Balaban J connectivity index is 2.00. The first-order valence-electron chi connectivity index (χ1n) is 6.14. The molecule has 0 atom stereocenters. The van der Waals surface area contributed by atoms with Crippen molar-refractivity contribution in [3.05, 3.63) is 58.6 Å². The molecule has 0 aliphatic carbocycles. The molecule has 100 valence electrons. The average molecular weight is 268 g/mol. The maximum Gasteiger partial charge on any atom is 0.278 e. The molecule has 0 bridgehead atoms. The van der Waals surface area contributed by atoms with Crippen molar-refractivity contribution < 1.29 is 4.79 Å². The average Bonchev–Trinajstić information content (AvgIpc) is 2.88. The first-order valence-corrected chi connectivity index (χ1v) is 6.14. The summed E-state index contributed by atoms with van der Waals surface area (Å²) < 4.78 is 2.81. The first-order chi connectivity index (χ1) is 9.66. The zero-order valence-corrected chi connectivity index (χ0v) is 10.9. The van der Waals surface area contributed by atoms with Gasteiger partial charge in [0, 0.05) is 13.2 Å². The number of fused-ring (bicyclic) bond motifs is 1. The lowest BCUT2D eigenvalue weighted by molar-refractivity contribution is 0.0956. The molecule has 3 aromatic rings. The zero-order valence-electron chi connectivity index (χ0n) is 10.9. The second kappa shape index (κ2) is 4.73. The minimum atomic E-state index is -0.307. The minimum Gasteiger partial charge on any atom is -0.348 e. The lowest BCUT2D eigenvalue weighted by Crippen LogP contribution is -2.28. The normalized spacial score (nSPS) is 10.8. The van der Waals surface area contributed by atoms with Gasteiger partial charge in [0.05, 0.1) is 11.1 Å². The summed E-state index contributed by atoms with van der Waals surface area (Å²) in [5, 5.41) is 8.22. The van der Waals surface area contributed by atoms with E-state index in [4.69, 9.17) is 0 Å². The molecule has 20 heavy (non-hydrogen) atoms. The van der Waals surface area contributed by atoms with Crippen LogP contribution in [0.2, 0.25) is 0 Å². The van der Waals surface area contributed by atoms with E-state index in [2.05, 4.69) is 10.3 Å². The predicted molar refractivity (Wildman–Crippen MR) is 73.5 cm³/mol. The molecule has 0 N–H and O–H groups in total. The molecule has 0 unspecified atom stereocenters. The van der Waals surface area contributed by atoms with E-state index in [1.165, 1.54) is 0 Å². The van der Waals surface area contributed by atoms with Gasteiger partial charge in [-0.15, -0.1) is 5.10 Å². The van der Waals surface area contributed by atoms with Crippen LogP contribution in [0.25, 0.3) is 10.9 Å². The Morgan fingerprint density at radius 3 is 2.75 bits per heavy atom. The third kappa shape index (κ3) is 2.01. The number of carbonyl (C=O) groups excluding carboxylic acids is 1. The van der Waals surface area contributed by atoms with Gasteiger partial charge in [0.1, 0.15) is 12.1 Å². The second-order valence-electron chi connectivity index (χ2n) is 4.50. The molecular weight excluding hydrogens is 256 g/mol. The van der Waals surface area contributed by atoms with Crippen LogP contribution in [0.15, 0.2) is 47.4 Å². The molecule has 2 aromatic heterocycles. The van der Waals surface area contributed by atoms with E-state index in [0.29, 0.717) is 16.6 Å². The summed E-state index contributed by atoms with van der Waals surface area (Å²) in [6.07, 6.45) is 1.78. The molecule has 0 fully saturated rings. The van der Waals surface area contributed by atoms with Crippen LogP contribution in [0.4, 0.5) is 0 Å². The maximum atomic E-state index is 12.2. The van der Waals surface area contributed by atoms with Crippen LogP contribution in [0, 0.1) is 0 Å². The van der Waals surface area contributed by atoms with Crippen LogP contribution in [0.1, 0.15) is 10.5 Å². The third-order valence-corrected chi connectivity index (χ3v) is 3.15. The summed E-state index contributed by atoms with van der Waals surface area (Å²) in [6.45, 7) is -0.117. The van der Waals surface area contributed by atoms with Gasteiger partial charge in [-0.3, -0.25) is 9.59 Å². The van der Waals surface area contributed by atoms with Crippen molar-refractivity contribution in [3.63, 3.8) is 0 Å². The van der Waals surface area contributed by atoms with Crippen molar-refractivity contribution >= 4 is 16.7 Å². The predicted octanol–water partition coefficient (Wildman–Crippen LogP) is 1.01. The standard InChI is InChI=1S/C14H12N4O2/c1-17-8-4-7-12(17)13(19)9-18-14(20)10-5-2-3-6-11(10)15-16-18/h2-8H,9H2,1H3. The van der Waals surface area contributed by atoms with Gasteiger partial charge in [0.2, 0.25) is 5.78 Å². The summed E-state index contributed by atoms with van der Waals surface area (Å²) in [4.78, 5) is 24.4. The summed E-state index contributed by atoms with van der Waals surface area (Å²) in [5.74, 6) is -0.177. The van der Waals surface area contributed by atoms with Crippen molar-refractivity contribution in [3.8, 4) is 0 Å². The van der Waals surface area contributed by atoms with Gasteiger partial charge in [-0.05, 0) is 24.3 Å².